The molecule has 3 heterocycles. The molecule has 2 aromatic heterocycles. The summed E-state index contributed by atoms with van der Waals surface area (Å²) in [6.07, 6.45) is -0.636. The van der Waals surface area contributed by atoms with Gasteiger partial charge in [-0.05, 0) is 6.92 Å². The third-order valence-corrected chi connectivity index (χ3v) is 3.65. The lowest BCUT2D eigenvalue weighted by Gasteiger charge is -2.26. The number of aliphatic hydroxyl groups excluding tert-OH is 2. The number of nitrogens with one attached hydrogen (secondary N) is 1. The highest BCUT2D eigenvalue weighted by atomic mass is 16.6. The lowest BCUT2D eigenvalue weighted by atomic mass is 9.97. The minimum atomic E-state index is -1.66. The molecule has 10 nitrogen and oxygen atoms in total. The minimum absolute atomic E-state index is 0.156. The highest BCUT2D eigenvalue weighted by molar-refractivity contribution is 5.85. The van der Waals surface area contributed by atoms with Crippen molar-refractivity contribution in [2.45, 2.75) is 31.0 Å². The Hall–Kier alpha value is -1.85. The van der Waals surface area contributed by atoms with E-state index >= 15 is 0 Å². The predicted molar refractivity (Wildman–Crippen MR) is 68.4 cm³/mol. The Morgan fingerprint density at radius 2 is 2.24 bits per heavy atom. The Balaban J connectivity index is 2.09. The van der Waals surface area contributed by atoms with Crippen molar-refractivity contribution in [2.24, 2.45) is 0 Å². The maximum atomic E-state index is 10.4. The smallest absolute Gasteiger partial charge is 0.183 e. The number of hydrogen-bond donors (Lipinski definition) is 5. The molecule has 0 spiro atoms. The minimum Gasteiger partial charge on any atom is -0.394 e. The standard InChI is InChI=1S/C11H15N5O5/c1-11(19)7(18)6(3-17)21-10(11)16-9-5(2-14-16)8(15-20)12-4-13-9/h2,4,6-7,10,17-20H,3H2,1H3,(H,12,13,15)/t6?,7-,10-,11-/m1/s1. The summed E-state index contributed by atoms with van der Waals surface area (Å²) < 4.78 is 6.75. The zero-order valence-corrected chi connectivity index (χ0v) is 11.1. The Bertz CT molecular complexity index is 659. The van der Waals surface area contributed by atoms with E-state index in [9.17, 15) is 15.3 Å². The number of nitrogens with zero attached hydrogens (tertiary/aromatic N) is 4. The molecule has 0 amide bonds. The van der Waals surface area contributed by atoms with Crippen molar-refractivity contribution < 1.29 is 25.3 Å². The second kappa shape index (κ2) is 4.86. The lowest BCUT2D eigenvalue weighted by molar-refractivity contribution is -0.100. The van der Waals surface area contributed by atoms with E-state index in [1.807, 2.05) is 5.48 Å². The predicted octanol–water partition coefficient (Wildman–Crippen LogP) is -1.37. The van der Waals surface area contributed by atoms with Crippen LogP contribution >= 0.6 is 0 Å². The van der Waals surface area contributed by atoms with Crippen molar-refractivity contribution in [3.8, 4) is 0 Å². The monoisotopic (exact) mass is 297 g/mol. The van der Waals surface area contributed by atoms with Gasteiger partial charge in [-0.1, -0.05) is 0 Å². The van der Waals surface area contributed by atoms with Crippen molar-refractivity contribution in [3.63, 3.8) is 0 Å². The second-order valence-electron chi connectivity index (χ2n) is 5.04. The number of anilines is 1. The molecule has 114 valence electrons. The molecule has 0 aliphatic carbocycles. The highest BCUT2D eigenvalue weighted by Crippen LogP contribution is 2.39. The molecule has 5 N–H and O–H groups in total. The SMILES string of the molecule is C[C@@]1(O)[C@H](O)C(CO)O[C@H]1n1ncc2c(NO)ncnc21. The molecule has 2 aromatic rings. The molecule has 0 bridgehead atoms. The fourth-order valence-corrected chi connectivity index (χ4v) is 2.47. The number of hydrogen-bond acceptors (Lipinski definition) is 9. The fraction of sp³-hybridized carbons (Fsp3) is 0.545. The second-order valence-corrected chi connectivity index (χ2v) is 5.04. The van der Waals surface area contributed by atoms with E-state index in [1.165, 1.54) is 24.1 Å². The van der Waals surface area contributed by atoms with Crippen LogP contribution in [0.2, 0.25) is 0 Å². The van der Waals surface area contributed by atoms with Gasteiger partial charge in [0.1, 0.15) is 24.1 Å². The van der Waals surface area contributed by atoms with Gasteiger partial charge in [0.15, 0.2) is 17.7 Å². The van der Waals surface area contributed by atoms with E-state index < -0.39 is 30.6 Å². The summed E-state index contributed by atoms with van der Waals surface area (Å²) in [7, 11) is 0. The van der Waals surface area contributed by atoms with Crippen LogP contribution in [0.3, 0.4) is 0 Å². The number of aliphatic hydroxyl groups is 3. The summed E-state index contributed by atoms with van der Waals surface area (Å²) in [5.74, 6) is 0.156. The Morgan fingerprint density at radius 1 is 1.48 bits per heavy atom. The molecule has 1 aliphatic heterocycles. The molecule has 0 aromatic carbocycles. The summed E-state index contributed by atoms with van der Waals surface area (Å²) >= 11 is 0. The molecule has 0 radical (unpaired) electrons. The van der Waals surface area contributed by atoms with Gasteiger partial charge in [0.05, 0.1) is 18.2 Å². The third-order valence-electron chi connectivity index (χ3n) is 3.65. The van der Waals surface area contributed by atoms with Crippen LogP contribution in [-0.2, 0) is 4.74 Å². The van der Waals surface area contributed by atoms with E-state index in [0.29, 0.717) is 11.0 Å². The largest absolute Gasteiger partial charge is 0.394 e. The van der Waals surface area contributed by atoms with Crippen molar-refractivity contribution in [1.82, 2.24) is 19.7 Å². The van der Waals surface area contributed by atoms with Gasteiger partial charge >= 0.3 is 0 Å². The van der Waals surface area contributed by atoms with Gasteiger partial charge in [0.25, 0.3) is 0 Å². The number of aromatic nitrogens is 4. The van der Waals surface area contributed by atoms with Crippen LogP contribution in [0.5, 0.6) is 0 Å². The molecule has 0 saturated carbocycles. The van der Waals surface area contributed by atoms with Gasteiger partial charge in [-0.25, -0.2) is 14.6 Å². The van der Waals surface area contributed by atoms with Crippen LogP contribution in [0.15, 0.2) is 12.5 Å². The molecular formula is C11H15N5O5. The Morgan fingerprint density at radius 3 is 2.86 bits per heavy atom. The molecule has 21 heavy (non-hydrogen) atoms. The quantitative estimate of drug-likeness (QED) is 0.433. The van der Waals surface area contributed by atoms with Crippen molar-refractivity contribution >= 4 is 16.9 Å². The number of ether oxygens (including phenoxy) is 1. The lowest BCUT2D eigenvalue weighted by Crippen LogP contribution is -2.44. The number of rotatable bonds is 3. The Labute approximate surface area is 118 Å². The van der Waals surface area contributed by atoms with Crippen LogP contribution in [0.25, 0.3) is 11.0 Å². The molecule has 1 aliphatic rings. The zero-order chi connectivity index (χ0) is 15.2. The summed E-state index contributed by atoms with van der Waals surface area (Å²) in [4.78, 5) is 7.87. The van der Waals surface area contributed by atoms with Crippen LogP contribution in [0.1, 0.15) is 13.2 Å². The van der Waals surface area contributed by atoms with Gasteiger partial charge < -0.3 is 20.1 Å². The first-order valence-corrected chi connectivity index (χ1v) is 6.25. The Kier molecular flexibility index (Phi) is 3.26. The normalized spacial score (nSPS) is 32.7. The van der Waals surface area contributed by atoms with Gasteiger partial charge in [0.2, 0.25) is 0 Å². The van der Waals surface area contributed by atoms with Crippen molar-refractivity contribution in [1.29, 1.82) is 0 Å². The van der Waals surface area contributed by atoms with Crippen LogP contribution < -0.4 is 5.48 Å². The summed E-state index contributed by atoms with van der Waals surface area (Å²) in [6.45, 7) is 0.948. The summed E-state index contributed by atoms with van der Waals surface area (Å²) in [5, 5.41) is 43.1. The van der Waals surface area contributed by atoms with E-state index in [1.54, 1.807) is 0 Å². The van der Waals surface area contributed by atoms with Crippen LogP contribution in [0, 0.1) is 0 Å². The molecular weight excluding hydrogens is 282 g/mol. The summed E-state index contributed by atoms with van der Waals surface area (Å²) in [6, 6.07) is 0. The van der Waals surface area contributed by atoms with Gasteiger partial charge in [0, 0.05) is 0 Å². The first kappa shape index (κ1) is 14.1. The van der Waals surface area contributed by atoms with Gasteiger partial charge in [-0.3, -0.25) is 10.7 Å². The van der Waals surface area contributed by atoms with E-state index in [-0.39, 0.29) is 5.82 Å². The van der Waals surface area contributed by atoms with E-state index in [0.717, 1.165) is 0 Å². The maximum Gasteiger partial charge on any atom is 0.183 e. The maximum absolute atomic E-state index is 10.4. The zero-order valence-electron chi connectivity index (χ0n) is 11.1. The first-order chi connectivity index (χ1) is 10.0. The first-order valence-electron chi connectivity index (χ1n) is 6.25. The van der Waals surface area contributed by atoms with Crippen molar-refractivity contribution in [2.75, 3.05) is 12.1 Å². The topological polar surface area (TPSA) is 146 Å². The molecule has 10 heteroatoms. The molecule has 1 fully saturated rings. The fourth-order valence-electron chi connectivity index (χ4n) is 2.47. The van der Waals surface area contributed by atoms with E-state index in [4.69, 9.17) is 9.94 Å². The number of fused-ring (bicyclic) bond motifs is 1. The average molecular weight is 297 g/mol. The third kappa shape index (κ3) is 1.96. The average Bonchev–Trinajstić information content (AvgIpc) is 2.99. The molecule has 3 rings (SSSR count). The molecule has 1 saturated heterocycles. The summed E-state index contributed by atoms with van der Waals surface area (Å²) in [5.41, 5.74) is 0.567. The van der Waals surface area contributed by atoms with Crippen LogP contribution in [0.4, 0.5) is 5.82 Å². The van der Waals surface area contributed by atoms with Crippen molar-refractivity contribution in [3.05, 3.63) is 12.5 Å². The van der Waals surface area contributed by atoms with Crippen LogP contribution in [-0.4, -0.2) is 64.7 Å². The highest BCUT2D eigenvalue weighted by Gasteiger charge is 2.53. The van der Waals surface area contributed by atoms with Gasteiger partial charge in [-0.2, -0.15) is 5.10 Å². The van der Waals surface area contributed by atoms with E-state index in [2.05, 4.69) is 15.1 Å². The molecule has 4 atom stereocenters. The molecule has 1 unspecified atom stereocenters. The van der Waals surface area contributed by atoms with Gasteiger partial charge in [-0.15, -0.1) is 0 Å².